The van der Waals surface area contributed by atoms with Crippen molar-refractivity contribution in [2.75, 3.05) is 13.4 Å². The molecule has 29 heavy (non-hydrogen) atoms. The predicted octanol–water partition coefficient (Wildman–Crippen LogP) is 2.82. The van der Waals surface area contributed by atoms with Crippen LogP contribution in [0.4, 0.5) is 0 Å². The van der Waals surface area contributed by atoms with Gasteiger partial charge in [0.15, 0.2) is 11.5 Å². The van der Waals surface area contributed by atoms with Crippen molar-refractivity contribution in [2.24, 2.45) is 11.3 Å². The van der Waals surface area contributed by atoms with Gasteiger partial charge in [-0.3, -0.25) is 14.8 Å². The van der Waals surface area contributed by atoms with E-state index in [0.29, 0.717) is 35.8 Å². The van der Waals surface area contributed by atoms with Gasteiger partial charge in [0.2, 0.25) is 12.7 Å². The number of amides is 1. The first kappa shape index (κ1) is 19.1. The maximum atomic E-state index is 12.4. The van der Waals surface area contributed by atoms with Crippen LogP contribution in [0.3, 0.4) is 0 Å². The smallest absolute Gasteiger partial charge is 0.313 e. The van der Waals surface area contributed by atoms with Gasteiger partial charge >= 0.3 is 5.97 Å². The third-order valence-electron chi connectivity index (χ3n) is 5.21. The van der Waals surface area contributed by atoms with E-state index in [4.69, 9.17) is 24.2 Å². The molecule has 2 aromatic rings. The van der Waals surface area contributed by atoms with Crippen LogP contribution in [0.2, 0.25) is 0 Å². The Balaban J connectivity index is 1.45. The summed E-state index contributed by atoms with van der Waals surface area (Å²) < 4.78 is 21.6. The molecule has 2 atom stereocenters. The molecule has 0 spiro atoms. The second-order valence-corrected chi connectivity index (χ2v) is 7.05. The fourth-order valence-corrected chi connectivity index (χ4v) is 3.61. The van der Waals surface area contributed by atoms with Crippen LogP contribution >= 0.6 is 0 Å². The second-order valence-electron chi connectivity index (χ2n) is 7.05. The minimum Gasteiger partial charge on any atom is -0.466 e. The Hall–Kier alpha value is -3.26. The average molecular weight is 399 g/mol. The minimum atomic E-state index is -0.942. The van der Waals surface area contributed by atoms with Crippen LogP contribution in [0.5, 0.6) is 23.0 Å². The number of carbonyl (C=O) groups is 2. The summed E-state index contributed by atoms with van der Waals surface area (Å²) in [7, 11) is 0. The number of esters is 1. The molecule has 8 nitrogen and oxygen atoms in total. The van der Waals surface area contributed by atoms with E-state index in [2.05, 4.69) is 0 Å². The Bertz CT molecular complexity index is 927. The largest absolute Gasteiger partial charge is 0.466 e. The molecule has 0 bridgehead atoms. The summed E-state index contributed by atoms with van der Waals surface area (Å²) in [5.74, 6) is 0.969. The van der Waals surface area contributed by atoms with Crippen LogP contribution < -0.4 is 19.7 Å². The molecule has 1 fully saturated rings. The molecule has 2 N–H and O–H groups in total. The molecule has 4 rings (SSSR count). The van der Waals surface area contributed by atoms with E-state index in [1.54, 1.807) is 42.7 Å². The Morgan fingerprint density at radius 3 is 2.59 bits per heavy atom. The summed E-state index contributed by atoms with van der Waals surface area (Å²) >= 11 is 0. The van der Waals surface area contributed by atoms with E-state index >= 15 is 0 Å². The van der Waals surface area contributed by atoms with Gasteiger partial charge in [-0.2, -0.15) is 0 Å². The normalized spacial score (nSPS) is 21.4. The number of hydroxylamine groups is 1. The number of ether oxygens (including phenoxy) is 4. The fourth-order valence-electron chi connectivity index (χ4n) is 3.61. The highest BCUT2D eigenvalue weighted by Crippen LogP contribution is 2.56. The Morgan fingerprint density at radius 2 is 1.86 bits per heavy atom. The summed E-state index contributed by atoms with van der Waals surface area (Å²) in [5.41, 5.74) is 1.56. The predicted molar refractivity (Wildman–Crippen MR) is 99.9 cm³/mol. The molecule has 2 aromatic carbocycles. The van der Waals surface area contributed by atoms with Crippen molar-refractivity contribution in [3.63, 3.8) is 0 Å². The van der Waals surface area contributed by atoms with Gasteiger partial charge in [0.1, 0.15) is 11.5 Å². The van der Waals surface area contributed by atoms with E-state index in [-0.39, 0.29) is 13.4 Å². The summed E-state index contributed by atoms with van der Waals surface area (Å²) in [5, 5.41) is 8.91. The van der Waals surface area contributed by atoms with Gasteiger partial charge in [-0.15, -0.1) is 0 Å². The topological polar surface area (TPSA) is 103 Å². The molecule has 1 aliphatic carbocycles. The van der Waals surface area contributed by atoms with Gasteiger partial charge in [-0.1, -0.05) is 12.1 Å². The van der Waals surface area contributed by atoms with Crippen molar-refractivity contribution in [3.8, 4) is 23.0 Å². The second kappa shape index (κ2) is 7.63. The van der Waals surface area contributed by atoms with Gasteiger partial charge in [-0.05, 0) is 49.6 Å². The first-order valence-corrected chi connectivity index (χ1v) is 9.33. The van der Waals surface area contributed by atoms with Crippen molar-refractivity contribution in [1.82, 2.24) is 5.48 Å². The zero-order valence-electron chi connectivity index (χ0n) is 15.8. The molecule has 0 radical (unpaired) electrons. The first-order valence-electron chi connectivity index (χ1n) is 9.33. The van der Waals surface area contributed by atoms with E-state index < -0.39 is 23.2 Å². The van der Waals surface area contributed by atoms with E-state index in [9.17, 15) is 9.59 Å². The van der Waals surface area contributed by atoms with E-state index in [1.165, 1.54) is 0 Å². The van der Waals surface area contributed by atoms with Gasteiger partial charge in [0, 0.05) is 6.07 Å². The molecule has 8 heteroatoms. The maximum absolute atomic E-state index is 12.4. The molecule has 1 amide bonds. The molecular weight excluding hydrogens is 378 g/mol. The standard InChI is InChI=1S/C21H21NO7/c1-2-26-20(24)21(11-16(21)19(23)22-25)10-13-3-5-14(6-4-13)29-15-7-8-17-18(9-15)28-12-27-17/h3-9,16,25H,2,10-12H2,1H3,(H,22,23)/t16-,21+/m1/s1. The van der Waals surface area contributed by atoms with Crippen LogP contribution in [-0.4, -0.2) is 30.5 Å². The third-order valence-corrected chi connectivity index (χ3v) is 5.21. The van der Waals surface area contributed by atoms with Crippen LogP contribution in [0.25, 0.3) is 0 Å². The van der Waals surface area contributed by atoms with Crippen LogP contribution in [0, 0.1) is 11.3 Å². The number of carbonyl (C=O) groups excluding carboxylic acids is 2. The molecule has 1 heterocycles. The number of rotatable bonds is 7. The van der Waals surface area contributed by atoms with Gasteiger partial charge in [0.25, 0.3) is 0 Å². The zero-order valence-corrected chi connectivity index (χ0v) is 15.8. The maximum Gasteiger partial charge on any atom is 0.313 e. The van der Waals surface area contributed by atoms with E-state index in [1.807, 2.05) is 12.1 Å². The number of fused-ring (bicyclic) bond motifs is 1. The van der Waals surface area contributed by atoms with Crippen molar-refractivity contribution in [2.45, 2.75) is 19.8 Å². The SMILES string of the molecule is CCOC(=O)[C@@]1(Cc2ccc(Oc3ccc4c(c3)OCO4)cc2)C[C@@H]1C(=O)NO. The molecular formula is C21H21NO7. The lowest BCUT2D eigenvalue weighted by molar-refractivity contribution is -0.152. The van der Waals surface area contributed by atoms with Gasteiger partial charge in [0.05, 0.1) is 17.9 Å². The summed E-state index contributed by atoms with van der Waals surface area (Å²) in [6.07, 6.45) is 0.682. The minimum absolute atomic E-state index is 0.199. The van der Waals surface area contributed by atoms with Crippen LogP contribution in [-0.2, 0) is 20.7 Å². The number of nitrogens with one attached hydrogen (secondary N) is 1. The Kier molecular flexibility index (Phi) is 5.02. The van der Waals surface area contributed by atoms with Crippen LogP contribution in [0.1, 0.15) is 18.9 Å². The van der Waals surface area contributed by atoms with E-state index in [0.717, 1.165) is 5.56 Å². The van der Waals surface area contributed by atoms with Gasteiger partial charge < -0.3 is 18.9 Å². The zero-order chi connectivity index (χ0) is 20.4. The van der Waals surface area contributed by atoms with Crippen molar-refractivity contribution >= 4 is 11.9 Å². The number of hydrogen-bond donors (Lipinski definition) is 2. The monoisotopic (exact) mass is 399 g/mol. The Morgan fingerprint density at radius 1 is 1.14 bits per heavy atom. The molecule has 1 aliphatic heterocycles. The molecule has 152 valence electrons. The highest BCUT2D eigenvalue weighted by molar-refractivity contribution is 5.93. The molecule has 0 unspecified atom stereocenters. The van der Waals surface area contributed by atoms with Crippen LogP contribution in [0.15, 0.2) is 42.5 Å². The lowest BCUT2D eigenvalue weighted by atomic mass is 9.93. The third kappa shape index (κ3) is 3.71. The average Bonchev–Trinajstić information content (AvgIpc) is 3.27. The van der Waals surface area contributed by atoms with Crippen molar-refractivity contribution in [1.29, 1.82) is 0 Å². The summed E-state index contributed by atoms with van der Waals surface area (Å²) in [6, 6.07) is 12.6. The number of hydrogen-bond acceptors (Lipinski definition) is 7. The summed E-state index contributed by atoms with van der Waals surface area (Å²) in [6.45, 7) is 2.15. The molecule has 1 saturated carbocycles. The fraction of sp³-hybridized carbons (Fsp3) is 0.333. The Labute approximate surface area is 167 Å². The first-order chi connectivity index (χ1) is 14.1. The molecule has 0 saturated heterocycles. The van der Waals surface area contributed by atoms with Crippen molar-refractivity contribution in [3.05, 3.63) is 48.0 Å². The molecule has 2 aliphatic rings. The summed E-state index contributed by atoms with van der Waals surface area (Å²) in [4.78, 5) is 24.3. The lowest BCUT2D eigenvalue weighted by Gasteiger charge is -2.16. The highest BCUT2D eigenvalue weighted by atomic mass is 16.7. The lowest BCUT2D eigenvalue weighted by Crippen LogP contribution is -2.30. The number of benzene rings is 2. The van der Waals surface area contributed by atoms with Crippen molar-refractivity contribution < 1.29 is 33.7 Å². The van der Waals surface area contributed by atoms with Gasteiger partial charge in [-0.25, -0.2) is 5.48 Å². The quantitative estimate of drug-likeness (QED) is 0.419. The highest BCUT2D eigenvalue weighted by Gasteiger charge is 2.64. The molecule has 0 aromatic heterocycles.